The van der Waals surface area contributed by atoms with Crippen LogP contribution in [-0.4, -0.2) is 64.5 Å². The van der Waals surface area contributed by atoms with Gasteiger partial charge >= 0.3 is 17.8 Å². The highest BCUT2D eigenvalue weighted by Crippen LogP contribution is 2.42. The Morgan fingerprint density at radius 1 is 1.12 bits per heavy atom. The molecule has 0 saturated carbocycles. The van der Waals surface area contributed by atoms with E-state index in [1.807, 2.05) is 19.1 Å². The number of aryl methyl sites for hydroxylation is 1. The zero-order valence-corrected chi connectivity index (χ0v) is 23.9. The summed E-state index contributed by atoms with van der Waals surface area (Å²) in [5.41, 5.74) is -0.579. The van der Waals surface area contributed by atoms with Gasteiger partial charge in [-0.2, -0.15) is 0 Å². The molecule has 1 amide bonds. The third-order valence-electron chi connectivity index (χ3n) is 6.17. The fraction of sp³-hybridized carbons (Fsp3) is 0.517. The smallest absolute Gasteiger partial charge is 0.407 e. The van der Waals surface area contributed by atoms with Crippen LogP contribution < -0.4 is 16.6 Å². The normalized spacial score (nSPS) is 22.8. The minimum Gasteiger partial charge on any atom is -0.459 e. The molecule has 12 nitrogen and oxygen atoms in total. The Morgan fingerprint density at radius 2 is 1.80 bits per heavy atom. The van der Waals surface area contributed by atoms with E-state index in [4.69, 9.17) is 23.7 Å². The second-order valence-corrected chi connectivity index (χ2v) is 11.3. The summed E-state index contributed by atoms with van der Waals surface area (Å²) in [6.45, 7) is 10.7. The van der Waals surface area contributed by atoms with Crippen LogP contribution in [0.15, 0.2) is 40.1 Å². The zero-order chi connectivity index (χ0) is 29.9. The number of carbonyl (C=O) groups is 2. The molecule has 0 radical (unpaired) electrons. The van der Waals surface area contributed by atoms with Crippen LogP contribution in [0, 0.1) is 18.8 Å². The summed E-state index contributed by atoms with van der Waals surface area (Å²) in [5.74, 6) is 4.04. The van der Waals surface area contributed by atoms with E-state index >= 15 is 0 Å². The Bertz CT molecular complexity index is 1460. The van der Waals surface area contributed by atoms with Gasteiger partial charge < -0.3 is 29.0 Å². The van der Waals surface area contributed by atoms with Crippen LogP contribution in [-0.2, 0) is 23.7 Å². The molecule has 2 fully saturated rings. The van der Waals surface area contributed by atoms with Gasteiger partial charge in [0.05, 0.1) is 5.56 Å². The minimum atomic E-state index is -0.983. The number of carbonyl (C=O) groups excluding carboxylic acids is 2. The molecular weight excluding hydrogens is 534 g/mol. The molecule has 4 atom stereocenters. The van der Waals surface area contributed by atoms with Crippen LogP contribution in [0.2, 0.25) is 0 Å². The second kappa shape index (κ2) is 11.9. The zero-order valence-electron chi connectivity index (χ0n) is 23.9. The van der Waals surface area contributed by atoms with Crippen molar-refractivity contribution < 1.29 is 33.3 Å². The van der Waals surface area contributed by atoms with Crippen molar-refractivity contribution >= 4 is 12.1 Å². The number of rotatable bonds is 6. The van der Waals surface area contributed by atoms with Crippen LogP contribution in [0.4, 0.5) is 4.79 Å². The third kappa shape index (κ3) is 7.64. The van der Waals surface area contributed by atoms with Gasteiger partial charge in [-0.15, -0.1) is 0 Å². The largest absolute Gasteiger partial charge is 0.459 e. The topological polar surface area (TPSA) is 147 Å². The second-order valence-electron chi connectivity index (χ2n) is 11.3. The molecule has 0 aliphatic carbocycles. The SMILES string of the molecule is Cc1ccc(C(=O)OC[C@H]2O[C@@H](n3cc(C#CCCNC(=O)OC(C)(C)C)c(=O)[nH]c3=O)[C@@H]3OC(C)(C)O[C@@H]32)cc1. The predicted molar refractivity (Wildman–Crippen MR) is 146 cm³/mol. The van der Waals surface area contributed by atoms with Gasteiger partial charge in [-0.05, 0) is 53.7 Å². The van der Waals surface area contributed by atoms with Gasteiger partial charge in [-0.3, -0.25) is 14.3 Å². The molecule has 3 heterocycles. The summed E-state index contributed by atoms with van der Waals surface area (Å²) in [7, 11) is 0. The van der Waals surface area contributed by atoms with Crippen LogP contribution >= 0.6 is 0 Å². The molecule has 1 aromatic heterocycles. The number of H-pyrrole nitrogens is 1. The van der Waals surface area contributed by atoms with Gasteiger partial charge in [0, 0.05) is 19.2 Å². The van der Waals surface area contributed by atoms with Gasteiger partial charge in [0.1, 0.15) is 36.1 Å². The minimum absolute atomic E-state index is 0.0226. The lowest BCUT2D eigenvalue weighted by Crippen LogP contribution is -2.38. The van der Waals surface area contributed by atoms with Crippen molar-refractivity contribution in [2.75, 3.05) is 13.2 Å². The number of nitrogens with zero attached hydrogens (tertiary/aromatic N) is 1. The van der Waals surface area contributed by atoms with Crippen molar-refractivity contribution in [2.24, 2.45) is 0 Å². The van der Waals surface area contributed by atoms with Gasteiger partial charge in [0.15, 0.2) is 12.0 Å². The fourth-order valence-corrected chi connectivity index (χ4v) is 4.41. The molecule has 0 spiro atoms. The van der Waals surface area contributed by atoms with E-state index in [2.05, 4.69) is 22.1 Å². The van der Waals surface area contributed by atoms with Crippen LogP contribution in [0.1, 0.15) is 68.8 Å². The lowest BCUT2D eigenvalue weighted by atomic mass is 10.1. The van der Waals surface area contributed by atoms with E-state index in [9.17, 15) is 19.2 Å². The van der Waals surface area contributed by atoms with Crippen molar-refractivity contribution in [3.05, 3.63) is 68.0 Å². The van der Waals surface area contributed by atoms with E-state index < -0.39 is 59.2 Å². The monoisotopic (exact) mass is 569 g/mol. The van der Waals surface area contributed by atoms with Gasteiger partial charge in [0.25, 0.3) is 5.56 Å². The van der Waals surface area contributed by atoms with E-state index in [1.54, 1.807) is 46.8 Å². The third-order valence-corrected chi connectivity index (χ3v) is 6.17. The lowest BCUT2D eigenvalue weighted by molar-refractivity contribution is -0.200. The first-order chi connectivity index (χ1) is 19.2. The summed E-state index contributed by atoms with van der Waals surface area (Å²) in [5, 5.41) is 2.58. The first kappa shape index (κ1) is 30.0. The maximum Gasteiger partial charge on any atom is 0.407 e. The molecule has 41 heavy (non-hydrogen) atoms. The van der Waals surface area contributed by atoms with Crippen molar-refractivity contribution in [1.82, 2.24) is 14.9 Å². The molecule has 2 N–H and O–H groups in total. The van der Waals surface area contributed by atoms with Gasteiger partial charge in [0.2, 0.25) is 0 Å². The molecule has 2 aliphatic rings. The number of esters is 1. The molecule has 12 heteroatoms. The number of nitrogens with one attached hydrogen (secondary N) is 2. The molecule has 1 aromatic carbocycles. The first-order valence-electron chi connectivity index (χ1n) is 13.3. The molecule has 0 unspecified atom stereocenters. The maximum absolute atomic E-state index is 12.8. The average molecular weight is 570 g/mol. The number of ether oxygens (including phenoxy) is 5. The molecule has 0 bridgehead atoms. The number of aromatic nitrogens is 2. The number of amides is 1. The summed E-state index contributed by atoms with van der Waals surface area (Å²) < 4.78 is 30.0. The average Bonchev–Trinajstić information content (AvgIpc) is 3.35. The quantitative estimate of drug-likeness (QED) is 0.304. The predicted octanol–water partition coefficient (Wildman–Crippen LogP) is 2.39. The standard InChI is InChI=1S/C29H35N3O9/c1-17-10-12-18(13-11-17)25(34)37-16-20-21-22(40-29(5,6)39-21)24(38-20)32-15-19(23(33)31-26(32)35)9-7-8-14-30-27(36)41-28(2,3)4/h10-13,15,20-22,24H,8,14,16H2,1-6H3,(H,30,36)(H,31,33,35)/t20-,21-,22-,24-/m1/s1. The van der Waals surface area contributed by atoms with Crippen molar-refractivity contribution in [3.8, 4) is 11.8 Å². The number of hydrogen-bond donors (Lipinski definition) is 2. The highest BCUT2D eigenvalue weighted by Gasteiger charge is 2.56. The molecule has 2 aromatic rings. The number of alkyl carbamates (subject to hydrolysis) is 1. The van der Waals surface area contributed by atoms with E-state index in [0.717, 1.165) is 5.56 Å². The number of aromatic amines is 1. The molecular formula is C29H35N3O9. The number of fused-ring (bicyclic) bond motifs is 1. The van der Waals surface area contributed by atoms with E-state index in [1.165, 1.54) is 10.8 Å². The summed E-state index contributed by atoms with van der Waals surface area (Å²) in [6.07, 6.45) is -2.13. The molecule has 2 saturated heterocycles. The highest BCUT2D eigenvalue weighted by atomic mass is 16.8. The van der Waals surface area contributed by atoms with E-state index in [-0.39, 0.29) is 25.1 Å². The molecule has 4 rings (SSSR count). The van der Waals surface area contributed by atoms with Crippen LogP contribution in [0.3, 0.4) is 0 Å². The fourth-order valence-electron chi connectivity index (χ4n) is 4.41. The Kier molecular flexibility index (Phi) is 8.72. The van der Waals surface area contributed by atoms with Crippen molar-refractivity contribution in [2.45, 2.75) is 83.9 Å². The maximum atomic E-state index is 12.8. The summed E-state index contributed by atoms with van der Waals surface area (Å²) in [6, 6.07) is 6.97. The van der Waals surface area contributed by atoms with E-state index in [0.29, 0.717) is 5.56 Å². The van der Waals surface area contributed by atoms with Crippen molar-refractivity contribution in [1.29, 1.82) is 0 Å². The molecule has 2 aliphatic heterocycles. The van der Waals surface area contributed by atoms with Crippen molar-refractivity contribution in [3.63, 3.8) is 0 Å². The summed E-state index contributed by atoms with van der Waals surface area (Å²) in [4.78, 5) is 51.9. The van der Waals surface area contributed by atoms with Crippen LogP contribution in [0.25, 0.3) is 0 Å². The highest BCUT2D eigenvalue weighted by molar-refractivity contribution is 5.89. The number of hydrogen-bond acceptors (Lipinski definition) is 9. The Balaban J connectivity index is 1.47. The molecule has 220 valence electrons. The first-order valence-corrected chi connectivity index (χ1v) is 13.3. The van der Waals surface area contributed by atoms with Crippen LogP contribution in [0.5, 0.6) is 0 Å². The summed E-state index contributed by atoms with van der Waals surface area (Å²) >= 11 is 0. The Labute approximate surface area is 237 Å². The Hall–Kier alpha value is -3.92. The lowest BCUT2D eigenvalue weighted by Gasteiger charge is -2.24. The van der Waals surface area contributed by atoms with Gasteiger partial charge in [-0.25, -0.2) is 14.4 Å². The number of benzene rings is 1. The Morgan fingerprint density at radius 3 is 2.49 bits per heavy atom. The van der Waals surface area contributed by atoms with Gasteiger partial charge in [-0.1, -0.05) is 29.5 Å².